The smallest absolute Gasteiger partial charge is 0.310 e. The summed E-state index contributed by atoms with van der Waals surface area (Å²) in [5.41, 5.74) is -0.411. The summed E-state index contributed by atoms with van der Waals surface area (Å²) in [7, 11) is 0. The Morgan fingerprint density at radius 3 is 2.43 bits per heavy atom. The van der Waals surface area contributed by atoms with Crippen LogP contribution in [-0.4, -0.2) is 29.6 Å². The molecule has 0 bridgehead atoms. The topological polar surface area (TPSA) is 72.7 Å². The summed E-state index contributed by atoms with van der Waals surface area (Å²) in [5, 5.41) is 10.7. The quantitative estimate of drug-likeness (QED) is 0.486. The van der Waals surface area contributed by atoms with Gasteiger partial charge in [-0.25, -0.2) is 4.39 Å². The molecule has 1 aliphatic heterocycles. The van der Waals surface area contributed by atoms with Gasteiger partial charge in [0, 0.05) is 19.2 Å². The van der Waals surface area contributed by atoms with E-state index in [1.807, 2.05) is 25.7 Å². The van der Waals surface area contributed by atoms with Crippen molar-refractivity contribution < 1.29 is 18.8 Å². The van der Waals surface area contributed by atoms with Crippen molar-refractivity contribution in [2.75, 3.05) is 18.0 Å². The molecule has 1 heterocycles. The van der Waals surface area contributed by atoms with Crippen LogP contribution >= 0.6 is 0 Å². The average molecular weight is 322 g/mol. The van der Waals surface area contributed by atoms with Gasteiger partial charge < -0.3 is 9.64 Å². The molecule has 0 spiro atoms. The maximum atomic E-state index is 14.0. The van der Waals surface area contributed by atoms with Crippen molar-refractivity contribution in [3.63, 3.8) is 0 Å². The molecule has 2 fully saturated rings. The highest BCUT2D eigenvalue weighted by Crippen LogP contribution is 2.53. The van der Waals surface area contributed by atoms with Crippen molar-refractivity contribution >= 4 is 17.3 Å². The van der Waals surface area contributed by atoms with E-state index in [0.29, 0.717) is 18.8 Å². The van der Waals surface area contributed by atoms with Gasteiger partial charge >= 0.3 is 5.97 Å². The number of halogens is 1. The number of hydrogen-bond acceptors (Lipinski definition) is 5. The molecule has 0 N–H and O–H groups in total. The van der Waals surface area contributed by atoms with Crippen LogP contribution in [0.1, 0.15) is 20.8 Å². The van der Waals surface area contributed by atoms with E-state index in [-0.39, 0.29) is 29.4 Å². The van der Waals surface area contributed by atoms with Crippen molar-refractivity contribution in [2.45, 2.75) is 26.4 Å². The molecule has 1 aromatic carbocycles. The van der Waals surface area contributed by atoms with Gasteiger partial charge in [0.15, 0.2) is 5.82 Å². The molecule has 0 radical (unpaired) electrons. The Morgan fingerprint density at radius 2 is 1.96 bits per heavy atom. The monoisotopic (exact) mass is 322 g/mol. The van der Waals surface area contributed by atoms with E-state index in [4.69, 9.17) is 4.74 Å². The second-order valence-corrected chi connectivity index (χ2v) is 7.18. The molecule has 2 aliphatic rings. The molecule has 6 nitrogen and oxygen atoms in total. The lowest BCUT2D eigenvalue weighted by atomic mass is 10.2. The molecule has 1 unspecified atom stereocenters. The number of non-ortho nitro benzene ring substituents is 1. The molecule has 3 atom stereocenters. The van der Waals surface area contributed by atoms with Crippen molar-refractivity contribution in [1.29, 1.82) is 0 Å². The summed E-state index contributed by atoms with van der Waals surface area (Å²) in [5.74, 6) is -0.531. The average Bonchev–Trinajstić information content (AvgIpc) is 2.92. The third-order valence-electron chi connectivity index (χ3n) is 4.36. The van der Waals surface area contributed by atoms with Crippen molar-refractivity contribution in [2.24, 2.45) is 17.8 Å². The second kappa shape index (κ2) is 5.18. The van der Waals surface area contributed by atoms with E-state index in [1.54, 1.807) is 0 Å². The minimum Gasteiger partial charge on any atom is -0.460 e. The Balaban J connectivity index is 1.64. The van der Waals surface area contributed by atoms with Crippen molar-refractivity contribution in [3.05, 3.63) is 34.1 Å². The zero-order valence-electron chi connectivity index (χ0n) is 13.3. The number of carbonyl (C=O) groups excluding carboxylic acids is 1. The Hall–Kier alpha value is -2.18. The normalized spacial score (nSPS) is 25.9. The first kappa shape index (κ1) is 15.7. The van der Waals surface area contributed by atoms with Crippen LogP contribution in [0.2, 0.25) is 0 Å². The van der Waals surface area contributed by atoms with Gasteiger partial charge in [0.1, 0.15) is 5.60 Å². The maximum absolute atomic E-state index is 14.0. The summed E-state index contributed by atoms with van der Waals surface area (Å²) in [6.07, 6.45) is 0. The summed E-state index contributed by atoms with van der Waals surface area (Å²) in [6, 6.07) is 3.67. The molecule has 1 saturated heterocycles. The number of anilines is 1. The van der Waals surface area contributed by atoms with Crippen molar-refractivity contribution in [3.8, 4) is 0 Å². The fourth-order valence-corrected chi connectivity index (χ4v) is 3.31. The van der Waals surface area contributed by atoms with Crippen LogP contribution in [0.15, 0.2) is 18.2 Å². The van der Waals surface area contributed by atoms with Gasteiger partial charge in [-0.2, -0.15) is 0 Å². The lowest BCUT2D eigenvalue weighted by molar-refractivity contribution is -0.385. The summed E-state index contributed by atoms with van der Waals surface area (Å²) < 4.78 is 19.4. The van der Waals surface area contributed by atoms with Crippen LogP contribution in [0.5, 0.6) is 0 Å². The number of ether oxygens (including phenoxy) is 1. The van der Waals surface area contributed by atoms with Gasteiger partial charge in [-0.1, -0.05) is 0 Å². The predicted molar refractivity (Wildman–Crippen MR) is 81.6 cm³/mol. The van der Waals surface area contributed by atoms with Crippen LogP contribution in [0.4, 0.5) is 15.8 Å². The molecule has 3 rings (SSSR count). The van der Waals surface area contributed by atoms with Crippen LogP contribution in [-0.2, 0) is 9.53 Å². The number of esters is 1. The standard InChI is InChI=1S/C16H19FN2O4/c1-16(2,3)23-15(20)14-10-7-18(8-11(10)14)13-5-4-9(19(21)22)6-12(13)17/h4-6,10-11,14H,7-8H2,1-3H3/t10-,11+,14?. The molecule has 1 aliphatic carbocycles. The van der Waals surface area contributed by atoms with E-state index in [2.05, 4.69) is 0 Å². The van der Waals surface area contributed by atoms with Crippen LogP contribution in [0.3, 0.4) is 0 Å². The van der Waals surface area contributed by atoms with Crippen LogP contribution in [0.25, 0.3) is 0 Å². The Kier molecular flexibility index (Phi) is 3.54. The molecule has 0 aromatic heterocycles. The van der Waals surface area contributed by atoms with E-state index in [1.165, 1.54) is 12.1 Å². The molecule has 0 amide bonds. The number of rotatable bonds is 3. The van der Waals surface area contributed by atoms with Crippen LogP contribution in [0, 0.1) is 33.7 Å². The molecular formula is C16H19FN2O4. The molecule has 124 valence electrons. The Labute approximate surface area is 133 Å². The minimum atomic E-state index is -0.618. The maximum Gasteiger partial charge on any atom is 0.310 e. The Bertz CT molecular complexity index is 659. The van der Waals surface area contributed by atoms with Gasteiger partial charge in [0.2, 0.25) is 0 Å². The van der Waals surface area contributed by atoms with E-state index in [9.17, 15) is 19.3 Å². The summed E-state index contributed by atoms with van der Waals surface area (Å²) in [4.78, 5) is 23.9. The lowest BCUT2D eigenvalue weighted by Crippen LogP contribution is -2.30. The van der Waals surface area contributed by atoms with Gasteiger partial charge in [-0.3, -0.25) is 14.9 Å². The number of hydrogen-bond donors (Lipinski definition) is 0. The van der Waals surface area contributed by atoms with Gasteiger partial charge in [-0.05, 0) is 38.7 Å². The SMILES string of the molecule is CC(C)(C)OC(=O)C1[C@H]2CN(c3ccc([N+](=O)[O-])cc3F)C[C@@H]12. The number of nitro groups is 1. The molecule has 1 aromatic rings. The summed E-state index contributed by atoms with van der Waals surface area (Å²) in [6.45, 7) is 6.65. The predicted octanol–water partition coefficient (Wildman–Crippen LogP) is 2.76. The zero-order chi connectivity index (χ0) is 16.9. The fourth-order valence-electron chi connectivity index (χ4n) is 3.31. The largest absolute Gasteiger partial charge is 0.460 e. The van der Waals surface area contributed by atoms with E-state index < -0.39 is 16.3 Å². The van der Waals surface area contributed by atoms with E-state index in [0.717, 1.165) is 6.07 Å². The molecular weight excluding hydrogens is 303 g/mol. The van der Waals surface area contributed by atoms with E-state index >= 15 is 0 Å². The highest BCUT2D eigenvalue weighted by Gasteiger charge is 2.61. The first-order valence-corrected chi connectivity index (χ1v) is 7.59. The van der Waals surface area contributed by atoms with Crippen LogP contribution < -0.4 is 4.90 Å². The number of carbonyl (C=O) groups is 1. The highest BCUT2D eigenvalue weighted by atomic mass is 19.1. The first-order valence-electron chi connectivity index (χ1n) is 7.59. The van der Waals surface area contributed by atoms with Gasteiger partial charge in [0.05, 0.1) is 22.6 Å². The molecule has 23 heavy (non-hydrogen) atoms. The second-order valence-electron chi connectivity index (χ2n) is 7.18. The molecule has 1 saturated carbocycles. The first-order chi connectivity index (χ1) is 10.7. The fraction of sp³-hybridized carbons (Fsp3) is 0.562. The highest BCUT2D eigenvalue weighted by molar-refractivity contribution is 5.78. The Morgan fingerprint density at radius 1 is 1.35 bits per heavy atom. The number of fused-ring (bicyclic) bond motifs is 1. The minimum absolute atomic E-state index is 0.105. The van der Waals surface area contributed by atoms with Gasteiger partial charge in [0.25, 0.3) is 5.69 Å². The molecule has 7 heteroatoms. The van der Waals surface area contributed by atoms with Gasteiger partial charge in [-0.15, -0.1) is 0 Å². The van der Waals surface area contributed by atoms with Crippen molar-refractivity contribution in [1.82, 2.24) is 0 Å². The third kappa shape index (κ3) is 3.00. The summed E-state index contributed by atoms with van der Waals surface area (Å²) >= 11 is 0. The number of benzene rings is 1. The lowest BCUT2D eigenvalue weighted by Gasteiger charge is -2.24. The zero-order valence-corrected chi connectivity index (χ0v) is 13.3. The third-order valence-corrected chi connectivity index (χ3v) is 4.36. The number of nitrogens with zero attached hydrogens (tertiary/aromatic N) is 2. The number of nitro benzene ring substituents is 1. The number of piperidine rings is 1.